The monoisotopic (exact) mass is 332 g/mol. The number of nitrogens with two attached hydrogens (primary N) is 1. The van der Waals surface area contributed by atoms with Gasteiger partial charge in [0.25, 0.3) is 0 Å². The number of hydrogen-bond acceptors (Lipinski definition) is 2. The molecule has 3 nitrogen and oxygen atoms in total. The quantitative estimate of drug-likeness (QED) is 0.815. The van der Waals surface area contributed by atoms with Crippen LogP contribution >= 0.6 is 22.6 Å². The smallest absolute Gasteiger partial charge is 0.241 e. The number of carbonyl (C=O) groups is 1. The maximum Gasteiger partial charge on any atom is 0.241 e. The Balaban J connectivity index is 2.50. The van der Waals surface area contributed by atoms with Crippen LogP contribution in [0.25, 0.3) is 0 Å². The molecule has 1 aromatic rings. The molecule has 0 bridgehead atoms. The van der Waals surface area contributed by atoms with Crippen molar-refractivity contribution in [3.63, 3.8) is 0 Å². The number of unbranched alkanes of at least 4 members (excludes halogenated alkanes) is 1. The summed E-state index contributed by atoms with van der Waals surface area (Å²) in [5.74, 6) is -0.101. The summed E-state index contributed by atoms with van der Waals surface area (Å²) in [6.45, 7) is 2.09. The lowest BCUT2D eigenvalue weighted by Crippen LogP contribution is -2.35. The van der Waals surface area contributed by atoms with E-state index in [1.54, 1.807) is 0 Å². The fraction of sp³-hybridized carbons (Fsp3) is 0.417. The van der Waals surface area contributed by atoms with E-state index in [0.717, 1.165) is 28.5 Å². The van der Waals surface area contributed by atoms with Gasteiger partial charge in [0.2, 0.25) is 5.91 Å². The summed E-state index contributed by atoms with van der Waals surface area (Å²) in [6.07, 6.45) is 2.79. The third-order valence-corrected chi connectivity index (χ3v) is 2.97. The van der Waals surface area contributed by atoms with Crippen LogP contribution < -0.4 is 11.1 Å². The molecule has 0 aliphatic rings. The van der Waals surface area contributed by atoms with E-state index in [1.165, 1.54) is 0 Å². The van der Waals surface area contributed by atoms with Crippen molar-refractivity contribution in [2.75, 3.05) is 5.32 Å². The second-order valence-corrected chi connectivity index (χ2v) is 4.99. The highest BCUT2D eigenvalue weighted by Gasteiger charge is 2.12. The van der Waals surface area contributed by atoms with Crippen molar-refractivity contribution in [2.45, 2.75) is 32.2 Å². The first kappa shape index (κ1) is 13.4. The Kier molecular flexibility index (Phi) is 5.76. The summed E-state index contributed by atoms with van der Waals surface area (Å²) in [4.78, 5) is 11.7. The number of benzene rings is 1. The molecule has 0 heterocycles. The Morgan fingerprint density at radius 3 is 2.94 bits per heavy atom. The number of halogens is 1. The van der Waals surface area contributed by atoms with E-state index in [2.05, 4.69) is 34.8 Å². The first-order valence-corrected chi connectivity index (χ1v) is 6.53. The SMILES string of the molecule is CCCC[C@H](N)C(=O)Nc1cccc(I)c1. The molecular formula is C12H17IN2O. The molecular weight excluding hydrogens is 315 g/mol. The van der Waals surface area contributed by atoms with Gasteiger partial charge in [-0.05, 0) is 47.2 Å². The number of rotatable bonds is 5. The Morgan fingerprint density at radius 1 is 1.56 bits per heavy atom. The van der Waals surface area contributed by atoms with E-state index in [9.17, 15) is 4.79 Å². The molecule has 1 amide bonds. The van der Waals surface area contributed by atoms with Gasteiger partial charge >= 0.3 is 0 Å². The van der Waals surface area contributed by atoms with Gasteiger partial charge in [-0.2, -0.15) is 0 Å². The van der Waals surface area contributed by atoms with Crippen LogP contribution in [0.15, 0.2) is 24.3 Å². The van der Waals surface area contributed by atoms with Gasteiger partial charge in [-0.15, -0.1) is 0 Å². The molecule has 0 unspecified atom stereocenters. The zero-order valence-corrected chi connectivity index (χ0v) is 11.5. The van der Waals surface area contributed by atoms with Gasteiger partial charge in [-0.25, -0.2) is 0 Å². The Hall–Kier alpha value is -0.620. The first-order chi connectivity index (χ1) is 7.63. The molecule has 0 saturated heterocycles. The van der Waals surface area contributed by atoms with Gasteiger partial charge in [0, 0.05) is 9.26 Å². The van der Waals surface area contributed by atoms with Crippen LogP contribution in [0.5, 0.6) is 0 Å². The molecule has 0 aliphatic carbocycles. The Labute approximate surface area is 110 Å². The van der Waals surface area contributed by atoms with Gasteiger partial charge in [0.05, 0.1) is 6.04 Å². The number of anilines is 1. The number of hydrogen-bond donors (Lipinski definition) is 2. The second kappa shape index (κ2) is 6.85. The van der Waals surface area contributed by atoms with Crippen LogP contribution in [0, 0.1) is 3.57 Å². The maximum atomic E-state index is 11.7. The highest BCUT2D eigenvalue weighted by Crippen LogP contribution is 2.12. The zero-order valence-electron chi connectivity index (χ0n) is 9.37. The van der Waals surface area contributed by atoms with Crippen LogP contribution in [0.1, 0.15) is 26.2 Å². The van der Waals surface area contributed by atoms with E-state index in [0.29, 0.717) is 0 Å². The zero-order chi connectivity index (χ0) is 12.0. The largest absolute Gasteiger partial charge is 0.325 e. The molecule has 0 aliphatic heterocycles. The van der Waals surface area contributed by atoms with E-state index >= 15 is 0 Å². The van der Waals surface area contributed by atoms with E-state index in [1.807, 2.05) is 24.3 Å². The lowest BCUT2D eigenvalue weighted by atomic mass is 10.1. The summed E-state index contributed by atoms with van der Waals surface area (Å²) in [5, 5.41) is 2.82. The average molecular weight is 332 g/mol. The summed E-state index contributed by atoms with van der Waals surface area (Å²) in [6, 6.07) is 7.28. The standard InChI is InChI=1S/C12H17IN2O/c1-2-3-7-11(14)12(16)15-10-6-4-5-9(13)8-10/h4-6,8,11H,2-3,7,14H2,1H3,(H,15,16)/t11-/m0/s1. The van der Waals surface area contributed by atoms with E-state index in [-0.39, 0.29) is 5.91 Å². The minimum Gasteiger partial charge on any atom is -0.325 e. The topological polar surface area (TPSA) is 55.1 Å². The highest BCUT2D eigenvalue weighted by atomic mass is 127. The van der Waals surface area contributed by atoms with E-state index < -0.39 is 6.04 Å². The van der Waals surface area contributed by atoms with Gasteiger partial charge in [-0.3, -0.25) is 4.79 Å². The number of nitrogens with one attached hydrogen (secondary N) is 1. The van der Waals surface area contributed by atoms with Gasteiger partial charge in [-0.1, -0.05) is 25.8 Å². The summed E-state index contributed by atoms with van der Waals surface area (Å²) < 4.78 is 1.09. The fourth-order valence-corrected chi connectivity index (χ4v) is 1.90. The van der Waals surface area contributed by atoms with Crippen molar-refractivity contribution < 1.29 is 4.79 Å². The van der Waals surface area contributed by atoms with Crippen LogP contribution in [0.3, 0.4) is 0 Å². The van der Waals surface area contributed by atoms with Gasteiger partial charge < -0.3 is 11.1 Å². The van der Waals surface area contributed by atoms with Crippen molar-refractivity contribution in [1.29, 1.82) is 0 Å². The lowest BCUT2D eigenvalue weighted by Gasteiger charge is -2.11. The normalized spacial score (nSPS) is 12.2. The van der Waals surface area contributed by atoms with Crippen LogP contribution in [0.2, 0.25) is 0 Å². The fourth-order valence-electron chi connectivity index (χ4n) is 1.36. The van der Waals surface area contributed by atoms with E-state index in [4.69, 9.17) is 5.73 Å². The minimum atomic E-state index is -0.405. The molecule has 4 heteroatoms. The average Bonchev–Trinajstić information content (AvgIpc) is 2.25. The third kappa shape index (κ3) is 4.49. The highest BCUT2D eigenvalue weighted by molar-refractivity contribution is 14.1. The molecule has 88 valence electrons. The van der Waals surface area contributed by atoms with Crippen molar-refractivity contribution in [3.8, 4) is 0 Å². The predicted octanol–water partition coefficient (Wildman–Crippen LogP) is 2.75. The summed E-state index contributed by atoms with van der Waals surface area (Å²) in [7, 11) is 0. The Morgan fingerprint density at radius 2 is 2.31 bits per heavy atom. The second-order valence-electron chi connectivity index (χ2n) is 3.75. The maximum absolute atomic E-state index is 11.7. The molecule has 1 aromatic carbocycles. The molecule has 3 N–H and O–H groups in total. The van der Waals surface area contributed by atoms with Crippen LogP contribution in [-0.2, 0) is 4.79 Å². The molecule has 1 atom stereocenters. The first-order valence-electron chi connectivity index (χ1n) is 5.45. The molecule has 0 fully saturated rings. The minimum absolute atomic E-state index is 0.101. The predicted molar refractivity (Wildman–Crippen MR) is 75.3 cm³/mol. The van der Waals surface area contributed by atoms with Gasteiger partial charge in [0.15, 0.2) is 0 Å². The van der Waals surface area contributed by atoms with Crippen molar-refractivity contribution >= 4 is 34.2 Å². The van der Waals surface area contributed by atoms with Crippen molar-refractivity contribution in [1.82, 2.24) is 0 Å². The molecule has 16 heavy (non-hydrogen) atoms. The molecule has 0 saturated carbocycles. The molecule has 0 radical (unpaired) electrons. The van der Waals surface area contributed by atoms with Crippen LogP contribution in [-0.4, -0.2) is 11.9 Å². The molecule has 1 rings (SSSR count). The number of amides is 1. The van der Waals surface area contributed by atoms with Crippen LogP contribution in [0.4, 0.5) is 5.69 Å². The lowest BCUT2D eigenvalue weighted by molar-refractivity contribution is -0.117. The summed E-state index contributed by atoms with van der Waals surface area (Å²) >= 11 is 2.21. The van der Waals surface area contributed by atoms with Gasteiger partial charge in [0.1, 0.15) is 0 Å². The summed E-state index contributed by atoms with van der Waals surface area (Å²) in [5.41, 5.74) is 6.58. The number of carbonyl (C=O) groups excluding carboxylic acids is 1. The Bertz CT molecular complexity index is 355. The van der Waals surface area contributed by atoms with Crippen molar-refractivity contribution in [2.24, 2.45) is 5.73 Å². The molecule has 0 aromatic heterocycles. The molecule has 0 spiro atoms. The third-order valence-electron chi connectivity index (χ3n) is 2.30. The van der Waals surface area contributed by atoms with Crippen molar-refractivity contribution in [3.05, 3.63) is 27.8 Å².